The van der Waals surface area contributed by atoms with Gasteiger partial charge in [-0.05, 0) is 44.9 Å². The summed E-state index contributed by atoms with van der Waals surface area (Å²) in [6, 6.07) is 5.24. The van der Waals surface area contributed by atoms with Gasteiger partial charge < -0.3 is 15.4 Å². The number of benzene rings is 1. The van der Waals surface area contributed by atoms with E-state index in [1.165, 1.54) is 0 Å². The summed E-state index contributed by atoms with van der Waals surface area (Å²) < 4.78 is 4.91. The Bertz CT molecular complexity index is 544. The number of nitrogens with one attached hydrogen (secondary N) is 2. The number of carbonyl (C=O) groups is 2. The summed E-state index contributed by atoms with van der Waals surface area (Å²) in [5.41, 5.74) is 0.320. The summed E-state index contributed by atoms with van der Waals surface area (Å²) >= 11 is 6.03. The molecule has 0 fully saturated rings. The SMILES string of the molecule is COCCCNC(=O)C(C)(C)C(=O)Nc1ccc(C)c(Cl)c1. The van der Waals surface area contributed by atoms with Crippen LogP contribution in [0.1, 0.15) is 25.8 Å². The van der Waals surface area contributed by atoms with Crippen LogP contribution in [-0.2, 0) is 14.3 Å². The van der Waals surface area contributed by atoms with Gasteiger partial charge in [0.2, 0.25) is 11.8 Å². The van der Waals surface area contributed by atoms with Crippen LogP contribution in [-0.4, -0.2) is 32.1 Å². The van der Waals surface area contributed by atoms with Crippen LogP contribution < -0.4 is 10.6 Å². The maximum atomic E-state index is 12.3. The van der Waals surface area contributed by atoms with Gasteiger partial charge in [0, 0.05) is 31.0 Å². The Balaban J connectivity index is 2.64. The quantitative estimate of drug-likeness (QED) is 0.598. The molecule has 0 saturated heterocycles. The number of halogens is 1. The molecular weight excluding hydrogens is 304 g/mol. The summed E-state index contributed by atoms with van der Waals surface area (Å²) in [4.78, 5) is 24.5. The highest BCUT2D eigenvalue weighted by Gasteiger charge is 2.35. The van der Waals surface area contributed by atoms with Crippen LogP contribution in [0.2, 0.25) is 5.02 Å². The number of hydrogen-bond acceptors (Lipinski definition) is 3. The second-order valence-corrected chi connectivity index (χ2v) is 6.05. The van der Waals surface area contributed by atoms with Gasteiger partial charge in [0.05, 0.1) is 0 Å². The molecule has 1 aromatic rings. The fraction of sp³-hybridized carbons (Fsp3) is 0.500. The van der Waals surface area contributed by atoms with Crippen molar-refractivity contribution in [1.82, 2.24) is 5.32 Å². The highest BCUT2D eigenvalue weighted by atomic mass is 35.5. The van der Waals surface area contributed by atoms with Crippen molar-refractivity contribution in [3.63, 3.8) is 0 Å². The number of aryl methyl sites for hydroxylation is 1. The third kappa shape index (κ3) is 5.00. The second kappa shape index (κ2) is 8.15. The smallest absolute Gasteiger partial charge is 0.239 e. The molecule has 122 valence electrons. The highest BCUT2D eigenvalue weighted by molar-refractivity contribution is 6.31. The summed E-state index contributed by atoms with van der Waals surface area (Å²) in [5, 5.41) is 6.03. The molecule has 0 saturated carbocycles. The molecule has 1 rings (SSSR count). The fourth-order valence-electron chi connectivity index (χ4n) is 1.70. The van der Waals surface area contributed by atoms with Crippen LogP contribution in [0, 0.1) is 12.3 Å². The minimum atomic E-state index is -1.18. The standard InChI is InChI=1S/C16H23ClN2O3/c1-11-6-7-12(10-13(11)17)19-15(21)16(2,3)14(20)18-8-5-9-22-4/h6-7,10H,5,8-9H2,1-4H3,(H,18,20)(H,19,21). The third-order valence-electron chi connectivity index (χ3n) is 3.38. The molecule has 5 nitrogen and oxygen atoms in total. The lowest BCUT2D eigenvalue weighted by atomic mass is 9.91. The largest absolute Gasteiger partial charge is 0.385 e. The second-order valence-electron chi connectivity index (χ2n) is 5.65. The normalized spacial score (nSPS) is 11.1. The van der Waals surface area contributed by atoms with Crippen LogP contribution in [0.4, 0.5) is 5.69 Å². The van der Waals surface area contributed by atoms with Gasteiger partial charge in [-0.25, -0.2) is 0 Å². The Kier molecular flexibility index (Phi) is 6.84. The van der Waals surface area contributed by atoms with Gasteiger partial charge in [0.1, 0.15) is 5.41 Å². The molecule has 22 heavy (non-hydrogen) atoms. The molecule has 0 aliphatic rings. The van der Waals surface area contributed by atoms with E-state index in [1.54, 1.807) is 33.1 Å². The Morgan fingerprint density at radius 1 is 1.27 bits per heavy atom. The van der Waals surface area contributed by atoms with Crippen molar-refractivity contribution < 1.29 is 14.3 Å². The molecule has 0 aromatic heterocycles. The average molecular weight is 327 g/mol. The van der Waals surface area contributed by atoms with E-state index in [2.05, 4.69) is 10.6 Å². The average Bonchev–Trinajstić information content (AvgIpc) is 2.47. The number of methoxy groups -OCH3 is 1. The highest BCUT2D eigenvalue weighted by Crippen LogP contribution is 2.23. The molecule has 6 heteroatoms. The van der Waals surface area contributed by atoms with Crippen molar-refractivity contribution in [3.05, 3.63) is 28.8 Å². The first-order valence-electron chi connectivity index (χ1n) is 7.14. The van der Waals surface area contributed by atoms with Crippen LogP contribution >= 0.6 is 11.6 Å². The van der Waals surface area contributed by atoms with Gasteiger partial charge in [-0.1, -0.05) is 17.7 Å². The molecule has 0 spiro atoms. The van der Waals surface area contributed by atoms with Crippen molar-refractivity contribution >= 4 is 29.1 Å². The summed E-state index contributed by atoms with van der Waals surface area (Å²) in [6.07, 6.45) is 0.702. The van der Waals surface area contributed by atoms with Gasteiger partial charge in [-0.3, -0.25) is 9.59 Å². The molecule has 0 heterocycles. The number of rotatable bonds is 7. The van der Waals surface area contributed by atoms with E-state index in [0.29, 0.717) is 30.3 Å². The van der Waals surface area contributed by atoms with Crippen LogP contribution in [0.15, 0.2) is 18.2 Å². The molecule has 0 unspecified atom stereocenters. The number of carbonyl (C=O) groups excluding carboxylic acids is 2. The zero-order valence-electron chi connectivity index (χ0n) is 13.5. The van der Waals surface area contributed by atoms with Gasteiger partial charge in [0.25, 0.3) is 0 Å². The molecule has 0 aliphatic carbocycles. The first kappa shape index (κ1) is 18.5. The van der Waals surface area contributed by atoms with Gasteiger partial charge in [0.15, 0.2) is 0 Å². The number of ether oxygens (including phenoxy) is 1. The van der Waals surface area contributed by atoms with Crippen molar-refractivity contribution in [2.24, 2.45) is 5.41 Å². The van der Waals surface area contributed by atoms with Gasteiger partial charge >= 0.3 is 0 Å². The maximum Gasteiger partial charge on any atom is 0.239 e. The zero-order valence-corrected chi connectivity index (χ0v) is 14.2. The fourth-order valence-corrected chi connectivity index (χ4v) is 1.88. The predicted octanol–water partition coefficient (Wildman–Crippen LogP) is 2.77. The lowest BCUT2D eigenvalue weighted by Gasteiger charge is -2.23. The van der Waals surface area contributed by atoms with Crippen LogP contribution in [0.25, 0.3) is 0 Å². The molecule has 2 amide bonds. The summed E-state index contributed by atoms with van der Waals surface area (Å²) in [7, 11) is 1.60. The van der Waals surface area contributed by atoms with Crippen molar-refractivity contribution in [1.29, 1.82) is 0 Å². The molecule has 0 aliphatic heterocycles. The Hall–Kier alpha value is -1.59. The van der Waals surface area contributed by atoms with E-state index in [0.717, 1.165) is 5.56 Å². The van der Waals surface area contributed by atoms with E-state index in [9.17, 15) is 9.59 Å². The molecule has 0 radical (unpaired) electrons. The van der Waals surface area contributed by atoms with E-state index in [4.69, 9.17) is 16.3 Å². The number of hydrogen-bond donors (Lipinski definition) is 2. The topological polar surface area (TPSA) is 67.4 Å². The molecule has 0 bridgehead atoms. The first-order valence-corrected chi connectivity index (χ1v) is 7.51. The van der Waals surface area contributed by atoms with E-state index in [1.807, 2.05) is 13.0 Å². The van der Waals surface area contributed by atoms with E-state index >= 15 is 0 Å². The lowest BCUT2D eigenvalue weighted by molar-refractivity contribution is -0.138. The zero-order chi connectivity index (χ0) is 16.8. The Morgan fingerprint density at radius 3 is 2.55 bits per heavy atom. The maximum absolute atomic E-state index is 12.3. The number of anilines is 1. The van der Waals surface area contributed by atoms with E-state index in [-0.39, 0.29) is 11.8 Å². The Morgan fingerprint density at radius 2 is 1.95 bits per heavy atom. The van der Waals surface area contributed by atoms with Crippen LogP contribution in [0.3, 0.4) is 0 Å². The van der Waals surface area contributed by atoms with Gasteiger partial charge in [-0.2, -0.15) is 0 Å². The van der Waals surface area contributed by atoms with Gasteiger partial charge in [-0.15, -0.1) is 0 Å². The number of amides is 2. The lowest BCUT2D eigenvalue weighted by Crippen LogP contribution is -2.45. The molecule has 2 N–H and O–H groups in total. The van der Waals surface area contributed by atoms with Crippen LogP contribution in [0.5, 0.6) is 0 Å². The summed E-state index contributed by atoms with van der Waals surface area (Å²) in [6.45, 7) is 6.09. The molecular formula is C16H23ClN2O3. The monoisotopic (exact) mass is 326 g/mol. The summed E-state index contributed by atoms with van der Waals surface area (Å²) in [5.74, 6) is -0.698. The molecule has 1 aromatic carbocycles. The van der Waals surface area contributed by atoms with Crippen molar-refractivity contribution in [2.75, 3.05) is 25.6 Å². The van der Waals surface area contributed by atoms with Crippen molar-refractivity contribution in [3.8, 4) is 0 Å². The molecule has 0 atom stereocenters. The van der Waals surface area contributed by atoms with E-state index < -0.39 is 5.41 Å². The predicted molar refractivity (Wildman–Crippen MR) is 88.1 cm³/mol. The Labute approximate surface area is 136 Å². The minimum Gasteiger partial charge on any atom is -0.385 e. The first-order chi connectivity index (χ1) is 10.3. The van der Waals surface area contributed by atoms with Crippen molar-refractivity contribution in [2.45, 2.75) is 27.2 Å². The minimum absolute atomic E-state index is 0.320. The third-order valence-corrected chi connectivity index (χ3v) is 3.78.